The second-order valence-corrected chi connectivity index (χ2v) is 1.63. The summed E-state index contributed by atoms with van der Waals surface area (Å²) in [6.07, 6.45) is 1.67. The summed E-state index contributed by atoms with van der Waals surface area (Å²) in [6.45, 7) is 0. The van der Waals surface area contributed by atoms with E-state index in [1.165, 1.54) is 10.7 Å². The van der Waals surface area contributed by atoms with Gasteiger partial charge in [-0.3, -0.25) is 4.79 Å². The molecule has 0 spiro atoms. The van der Waals surface area contributed by atoms with Crippen molar-refractivity contribution in [2.45, 2.75) is 0 Å². The lowest BCUT2D eigenvalue weighted by Gasteiger charge is -1.99. The second kappa shape index (κ2) is 2.35. The first kappa shape index (κ1) is 5.88. The quantitative estimate of drug-likeness (QED) is 0.572. The maximum Gasteiger partial charge on any atom is 0.268 e. The number of hydrogen-bond donors (Lipinski definition) is 1. The molecule has 1 aromatic heterocycles. The van der Waals surface area contributed by atoms with Crippen LogP contribution in [-0.4, -0.2) is 11.7 Å². The molecule has 0 aliphatic carbocycles. The first-order chi connectivity index (χ1) is 4.34. The Balaban J connectivity index is 3.16. The fraction of sp³-hybridized carbons (Fsp3) is 0.167. The Morgan fingerprint density at radius 2 is 2.33 bits per heavy atom. The first-order valence-corrected chi connectivity index (χ1v) is 2.70. The molecule has 0 fully saturated rings. The fourth-order valence-corrected chi connectivity index (χ4v) is 0.612. The molecule has 0 aromatic carbocycles. The van der Waals surface area contributed by atoms with Crippen LogP contribution < -0.4 is 11.0 Å². The van der Waals surface area contributed by atoms with Crippen LogP contribution in [0.5, 0.6) is 0 Å². The van der Waals surface area contributed by atoms with Crippen LogP contribution >= 0.6 is 0 Å². The molecule has 0 saturated carbocycles. The van der Waals surface area contributed by atoms with Crippen LogP contribution in [0.3, 0.4) is 0 Å². The van der Waals surface area contributed by atoms with Crippen molar-refractivity contribution < 1.29 is 0 Å². The molecule has 0 saturated heterocycles. The van der Waals surface area contributed by atoms with E-state index in [2.05, 4.69) is 5.43 Å². The molecular formula is C6H8N2O. The normalized spacial score (nSPS) is 9.00. The predicted molar refractivity (Wildman–Crippen MR) is 36.0 cm³/mol. The maximum atomic E-state index is 10.8. The van der Waals surface area contributed by atoms with Crippen LogP contribution in [0.1, 0.15) is 0 Å². The highest BCUT2D eigenvalue weighted by molar-refractivity contribution is 4.94. The van der Waals surface area contributed by atoms with Crippen LogP contribution in [0, 0.1) is 0 Å². The van der Waals surface area contributed by atoms with E-state index in [9.17, 15) is 4.79 Å². The van der Waals surface area contributed by atoms with Crippen molar-refractivity contribution >= 4 is 0 Å². The van der Waals surface area contributed by atoms with E-state index in [0.29, 0.717) is 0 Å². The highest BCUT2D eigenvalue weighted by Gasteiger charge is 1.83. The van der Waals surface area contributed by atoms with Crippen molar-refractivity contribution in [2.24, 2.45) is 0 Å². The summed E-state index contributed by atoms with van der Waals surface area (Å²) < 4.78 is 1.40. The van der Waals surface area contributed by atoms with Gasteiger partial charge in [0.15, 0.2) is 0 Å². The van der Waals surface area contributed by atoms with Crippen molar-refractivity contribution in [3.05, 3.63) is 34.7 Å². The van der Waals surface area contributed by atoms with Crippen LogP contribution in [0.4, 0.5) is 0 Å². The van der Waals surface area contributed by atoms with Gasteiger partial charge in [0.25, 0.3) is 5.56 Å². The third-order valence-corrected chi connectivity index (χ3v) is 1.06. The lowest BCUT2D eigenvalue weighted by atomic mass is 10.5. The van der Waals surface area contributed by atoms with Crippen LogP contribution in [0.25, 0.3) is 0 Å². The first-order valence-electron chi connectivity index (χ1n) is 2.70. The SMILES string of the molecule is CNn1ccccc1=O. The molecule has 1 heterocycles. The average Bonchev–Trinajstić information content (AvgIpc) is 1.89. The van der Waals surface area contributed by atoms with Gasteiger partial charge in [-0.1, -0.05) is 6.07 Å². The van der Waals surface area contributed by atoms with Gasteiger partial charge in [0.05, 0.1) is 0 Å². The van der Waals surface area contributed by atoms with E-state index < -0.39 is 0 Å². The Morgan fingerprint density at radius 3 is 2.78 bits per heavy atom. The van der Waals surface area contributed by atoms with Gasteiger partial charge in [-0.05, 0) is 6.07 Å². The molecule has 1 N–H and O–H groups in total. The van der Waals surface area contributed by atoms with Crippen LogP contribution in [0.2, 0.25) is 0 Å². The molecule has 0 aliphatic heterocycles. The second-order valence-electron chi connectivity index (χ2n) is 1.63. The number of aromatic nitrogens is 1. The maximum absolute atomic E-state index is 10.8. The third kappa shape index (κ3) is 1.10. The van der Waals surface area contributed by atoms with E-state index in [-0.39, 0.29) is 5.56 Å². The molecule has 0 atom stereocenters. The predicted octanol–water partition coefficient (Wildman–Crippen LogP) is 0.0216. The minimum atomic E-state index is -0.0417. The molecule has 3 nitrogen and oxygen atoms in total. The minimum absolute atomic E-state index is 0.0417. The molecule has 48 valence electrons. The van der Waals surface area contributed by atoms with Crippen LogP contribution in [-0.2, 0) is 0 Å². The van der Waals surface area contributed by atoms with Crippen molar-refractivity contribution in [2.75, 3.05) is 12.5 Å². The van der Waals surface area contributed by atoms with Crippen molar-refractivity contribution in [1.29, 1.82) is 0 Å². The number of pyridine rings is 1. The minimum Gasteiger partial charge on any atom is -0.326 e. The summed E-state index contributed by atoms with van der Waals surface area (Å²) in [5, 5.41) is 0. The van der Waals surface area contributed by atoms with Gasteiger partial charge in [0.1, 0.15) is 0 Å². The monoisotopic (exact) mass is 124 g/mol. The lowest BCUT2D eigenvalue weighted by molar-refractivity contribution is 0.873. The molecule has 3 heteroatoms. The molecule has 1 rings (SSSR count). The van der Waals surface area contributed by atoms with Gasteiger partial charge in [-0.15, -0.1) is 0 Å². The number of nitrogens with one attached hydrogen (secondary N) is 1. The highest BCUT2D eigenvalue weighted by atomic mass is 16.1. The van der Waals surface area contributed by atoms with Gasteiger partial charge in [0.2, 0.25) is 0 Å². The van der Waals surface area contributed by atoms with Crippen molar-refractivity contribution in [3.8, 4) is 0 Å². The Labute approximate surface area is 52.9 Å². The summed E-state index contributed by atoms with van der Waals surface area (Å²) in [5.74, 6) is 0. The smallest absolute Gasteiger partial charge is 0.268 e. The van der Waals surface area contributed by atoms with Gasteiger partial charge in [-0.25, -0.2) is 4.68 Å². The molecule has 1 aromatic rings. The zero-order chi connectivity index (χ0) is 6.69. The molecule has 0 aliphatic rings. The van der Waals surface area contributed by atoms with Gasteiger partial charge in [0, 0.05) is 19.3 Å². The topological polar surface area (TPSA) is 34.0 Å². The summed E-state index contributed by atoms with van der Waals surface area (Å²) in [4.78, 5) is 10.8. The lowest BCUT2D eigenvalue weighted by Crippen LogP contribution is -2.24. The number of rotatable bonds is 1. The summed E-state index contributed by atoms with van der Waals surface area (Å²) >= 11 is 0. The van der Waals surface area contributed by atoms with Crippen LogP contribution in [0.15, 0.2) is 29.2 Å². The van der Waals surface area contributed by atoms with E-state index in [0.717, 1.165) is 0 Å². The summed E-state index contributed by atoms with van der Waals surface area (Å²) in [6, 6.07) is 4.99. The highest BCUT2D eigenvalue weighted by Crippen LogP contribution is 1.73. The average molecular weight is 124 g/mol. The number of hydrogen-bond acceptors (Lipinski definition) is 2. The van der Waals surface area contributed by atoms with Crippen molar-refractivity contribution in [3.63, 3.8) is 0 Å². The fourth-order valence-electron chi connectivity index (χ4n) is 0.612. The van der Waals surface area contributed by atoms with Gasteiger partial charge < -0.3 is 5.43 Å². The molecule has 0 amide bonds. The molecule has 0 bridgehead atoms. The molecule has 0 unspecified atom stereocenters. The third-order valence-electron chi connectivity index (χ3n) is 1.06. The van der Waals surface area contributed by atoms with E-state index >= 15 is 0 Å². The zero-order valence-corrected chi connectivity index (χ0v) is 5.16. The van der Waals surface area contributed by atoms with E-state index in [1.807, 2.05) is 0 Å². The molecule has 9 heavy (non-hydrogen) atoms. The Hall–Kier alpha value is -1.25. The number of nitrogens with zero attached hydrogens (tertiary/aromatic N) is 1. The Bertz CT molecular complexity index is 241. The van der Waals surface area contributed by atoms with E-state index in [4.69, 9.17) is 0 Å². The van der Waals surface area contributed by atoms with Gasteiger partial charge in [-0.2, -0.15) is 0 Å². The summed E-state index contributed by atoms with van der Waals surface area (Å²) in [5.41, 5.74) is 2.66. The largest absolute Gasteiger partial charge is 0.326 e. The zero-order valence-electron chi connectivity index (χ0n) is 5.16. The van der Waals surface area contributed by atoms with E-state index in [1.54, 1.807) is 25.4 Å². The Kier molecular flexibility index (Phi) is 1.53. The standard InChI is InChI=1S/C6H8N2O/c1-7-8-5-3-2-4-6(8)9/h2-5,7H,1H3. The van der Waals surface area contributed by atoms with Crippen molar-refractivity contribution in [1.82, 2.24) is 4.68 Å². The molecular weight excluding hydrogens is 116 g/mol. The molecule has 0 radical (unpaired) electrons. The van der Waals surface area contributed by atoms with Gasteiger partial charge >= 0.3 is 0 Å². The Morgan fingerprint density at radius 1 is 1.56 bits per heavy atom. The summed E-state index contributed by atoms with van der Waals surface area (Å²) in [7, 11) is 1.70.